The van der Waals surface area contributed by atoms with Gasteiger partial charge in [-0.1, -0.05) is 63.9 Å². The van der Waals surface area contributed by atoms with Gasteiger partial charge in [0.2, 0.25) is 0 Å². The smallest absolute Gasteiger partial charge is 0.261 e. The van der Waals surface area contributed by atoms with E-state index in [0.717, 1.165) is 10.0 Å². The predicted molar refractivity (Wildman–Crippen MR) is 119 cm³/mol. The van der Waals surface area contributed by atoms with Crippen molar-refractivity contribution in [2.24, 2.45) is 0 Å². The number of sulfonamides is 1. The second-order valence-electron chi connectivity index (χ2n) is 6.37. The van der Waals surface area contributed by atoms with E-state index in [9.17, 15) is 13.2 Å². The van der Waals surface area contributed by atoms with E-state index in [1.165, 1.54) is 17.0 Å². The lowest BCUT2D eigenvalue weighted by Gasteiger charge is -2.18. The molecule has 0 heterocycles. The molecule has 5 nitrogen and oxygen atoms in total. The second kappa shape index (κ2) is 8.98. The molecule has 3 aromatic carbocycles. The Bertz CT molecular complexity index is 1150. The molecule has 150 valence electrons. The summed E-state index contributed by atoms with van der Waals surface area (Å²) in [6, 6.07) is 20.1. The summed E-state index contributed by atoms with van der Waals surface area (Å²) in [7, 11) is -2.22. The van der Waals surface area contributed by atoms with Crippen molar-refractivity contribution in [3.8, 4) is 0 Å². The summed E-state index contributed by atoms with van der Waals surface area (Å²) in [5, 5.41) is 0.288. The fourth-order valence-electron chi connectivity index (χ4n) is 2.72. The molecule has 29 heavy (non-hydrogen) atoms. The van der Waals surface area contributed by atoms with Gasteiger partial charge in [0.05, 0.1) is 15.6 Å². The van der Waals surface area contributed by atoms with Crippen LogP contribution in [0, 0.1) is 0 Å². The molecule has 0 aliphatic rings. The van der Waals surface area contributed by atoms with Crippen molar-refractivity contribution in [3.63, 3.8) is 0 Å². The lowest BCUT2D eigenvalue weighted by molar-refractivity contribution is 0.0784. The molecule has 0 bridgehead atoms. The van der Waals surface area contributed by atoms with Gasteiger partial charge in [-0.05, 0) is 42.0 Å². The van der Waals surface area contributed by atoms with Gasteiger partial charge in [-0.3, -0.25) is 9.52 Å². The van der Waals surface area contributed by atoms with E-state index in [1.54, 1.807) is 43.4 Å². The topological polar surface area (TPSA) is 66.5 Å². The number of hydrogen-bond donors (Lipinski definition) is 1. The highest BCUT2D eigenvalue weighted by Crippen LogP contribution is 2.25. The number of nitrogens with zero attached hydrogens (tertiary/aromatic N) is 1. The summed E-state index contributed by atoms with van der Waals surface area (Å²) in [6.07, 6.45) is 0. The Labute approximate surface area is 183 Å². The molecular formula is C21H18BrClN2O3S. The van der Waals surface area contributed by atoms with Gasteiger partial charge >= 0.3 is 0 Å². The zero-order valence-corrected chi connectivity index (χ0v) is 18.6. The zero-order valence-electron chi connectivity index (χ0n) is 15.5. The highest BCUT2D eigenvalue weighted by molar-refractivity contribution is 9.10. The molecule has 1 amide bonds. The van der Waals surface area contributed by atoms with Crippen molar-refractivity contribution < 1.29 is 13.2 Å². The monoisotopic (exact) mass is 492 g/mol. The molecule has 8 heteroatoms. The van der Waals surface area contributed by atoms with Crippen LogP contribution in [0.2, 0.25) is 5.02 Å². The number of nitrogens with one attached hydrogen (secondary N) is 1. The standard InChI is InChI=1S/C21H18BrClN2O3S/c1-25(14-16-7-2-3-10-18(16)22)21(26)15-8-6-9-17(13-15)29(27,28)24-20-12-5-4-11-19(20)23/h2-13,24H,14H2,1H3. The molecule has 0 unspecified atom stereocenters. The Balaban J connectivity index is 1.82. The lowest BCUT2D eigenvalue weighted by Crippen LogP contribution is -2.26. The van der Waals surface area contributed by atoms with Crippen LogP contribution < -0.4 is 4.72 Å². The minimum Gasteiger partial charge on any atom is -0.337 e. The molecular weight excluding hydrogens is 476 g/mol. The summed E-state index contributed by atoms with van der Waals surface area (Å²) < 4.78 is 28.8. The number of benzene rings is 3. The van der Waals surface area contributed by atoms with Crippen LogP contribution in [0.4, 0.5) is 5.69 Å². The quantitative estimate of drug-likeness (QED) is 0.515. The Morgan fingerprint density at radius 1 is 1.03 bits per heavy atom. The molecule has 3 aromatic rings. The first-order chi connectivity index (χ1) is 13.8. The molecule has 0 fully saturated rings. The number of rotatable bonds is 6. The van der Waals surface area contributed by atoms with Gasteiger partial charge in [-0.25, -0.2) is 8.42 Å². The Hall–Kier alpha value is -2.35. The maximum Gasteiger partial charge on any atom is 0.261 e. The number of amides is 1. The number of para-hydroxylation sites is 1. The minimum atomic E-state index is -3.90. The first-order valence-corrected chi connectivity index (χ1v) is 11.3. The summed E-state index contributed by atoms with van der Waals surface area (Å²) in [5.74, 6) is -0.282. The van der Waals surface area contributed by atoms with Gasteiger partial charge in [0.1, 0.15) is 0 Å². The van der Waals surface area contributed by atoms with Gasteiger partial charge in [0.15, 0.2) is 0 Å². The van der Waals surface area contributed by atoms with E-state index >= 15 is 0 Å². The molecule has 0 radical (unpaired) electrons. The van der Waals surface area contributed by atoms with E-state index in [-0.39, 0.29) is 27.1 Å². The number of hydrogen-bond acceptors (Lipinski definition) is 3. The van der Waals surface area contributed by atoms with Crippen LogP contribution >= 0.6 is 27.5 Å². The van der Waals surface area contributed by atoms with Gasteiger partial charge in [-0.2, -0.15) is 0 Å². The van der Waals surface area contributed by atoms with Crippen LogP contribution in [0.15, 0.2) is 82.2 Å². The van der Waals surface area contributed by atoms with Crippen LogP contribution in [0.3, 0.4) is 0 Å². The van der Waals surface area contributed by atoms with Crippen molar-refractivity contribution in [2.75, 3.05) is 11.8 Å². The highest BCUT2D eigenvalue weighted by Gasteiger charge is 2.19. The maximum atomic E-state index is 12.8. The predicted octanol–water partition coefficient (Wildman–Crippen LogP) is 5.18. The zero-order chi connectivity index (χ0) is 21.0. The number of halogens is 2. The maximum absolute atomic E-state index is 12.8. The molecule has 0 spiro atoms. The van der Waals surface area contributed by atoms with Gasteiger partial charge in [-0.15, -0.1) is 0 Å². The van der Waals surface area contributed by atoms with Crippen LogP contribution in [0.5, 0.6) is 0 Å². The van der Waals surface area contributed by atoms with Crippen LogP contribution in [0.1, 0.15) is 15.9 Å². The Kier molecular flexibility index (Phi) is 6.62. The molecule has 0 saturated carbocycles. The number of anilines is 1. The third kappa shape index (κ3) is 5.18. The normalized spacial score (nSPS) is 11.1. The van der Waals surface area contributed by atoms with Crippen LogP contribution in [0.25, 0.3) is 0 Å². The fourth-order valence-corrected chi connectivity index (χ4v) is 4.49. The molecule has 1 N–H and O–H groups in total. The largest absolute Gasteiger partial charge is 0.337 e. The van der Waals surface area contributed by atoms with Crippen LogP contribution in [-0.4, -0.2) is 26.3 Å². The summed E-state index contributed by atoms with van der Waals surface area (Å²) in [5.41, 5.74) is 1.51. The van der Waals surface area contributed by atoms with E-state index in [1.807, 2.05) is 24.3 Å². The van der Waals surface area contributed by atoms with Gasteiger partial charge < -0.3 is 4.90 Å². The summed E-state index contributed by atoms with van der Waals surface area (Å²) in [6.45, 7) is 0.384. The van der Waals surface area contributed by atoms with E-state index in [4.69, 9.17) is 11.6 Å². The molecule has 0 atom stereocenters. The minimum absolute atomic E-state index is 0.0161. The first-order valence-electron chi connectivity index (χ1n) is 8.64. The van der Waals surface area contributed by atoms with Gasteiger partial charge in [0.25, 0.3) is 15.9 Å². The van der Waals surface area contributed by atoms with Crippen molar-refractivity contribution in [1.29, 1.82) is 0 Å². The Morgan fingerprint density at radius 2 is 1.72 bits per heavy atom. The van der Waals surface area contributed by atoms with E-state index in [2.05, 4.69) is 20.7 Å². The van der Waals surface area contributed by atoms with E-state index < -0.39 is 10.0 Å². The molecule has 0 aliphatic carbocycles. The lowest BCUT2D eigenvalue weighted by atomic mass is 10.1. The molecule has 0 aliphatic heterocycles. The third-order valence-electron chi connectivity index (χ3n) is 4.22. The highest BCUT2D eigenvalue weighted by atomic mass is 79.9. The first kappa shape index (κ1) is 21.4. The number of carbonyl (C=O) groups is 1. The van der Waals surface area contributed by atoms with Crippen molar-refractivity contribution in [1.82, 2.24) is 4.90 Å². The Morgan fingerprint density at radius 3 is 2.45 bits per heavy atom. The molecule has 3 rings (SSSR count). The third-order valence-corrected chi connectivity index (χ3v) is 6.69. The van der Waals surface area contributed by atoms with Crippen LogP contribution in [-0.2, 0) is 16.6 Å². The van der Waals surface area contributed by atoms with Crippen molar-refractivity contribution in [2.45, 2.75) is 11.4 Å². The number of carbonyl (C=O) groups excluding carboxylic acids is 1. The van der Waals surface area contributed by atoms with E-state index in [0.29, 0.717) is 6.54 Å². The second-order valence-corrected chi connectivity index (χ2v) is 9.31. The fraction of sp³-hybridized carbons (Fsp3) is 0.0952. The summed E-state index contributed by atoms with van der Waals surface area (Å²) in [4.78, 5) is 14.3. The average molecular weight is 494 g/mol. The summed E-state index contributed by atoms with van der Waals surface area (Å²) >= 11 is 9.51. The van der Waals surface area contributed by atoms with Crippen molar-refractivity contribution in [3.05, 3.63) is 93.4 Å². The van der Waals surface area contributed by atoms with Gasteiger partial charge in [0, 0.05) is 23.6 Å². The molecule has 0 aromatic heterocycles. The molecule has 0 saturated heterocycles. The van der Waals surface area contributed by atoms with Crippen molar-refractivity contribution >= 4 is 49.1 Å². The SMILES string of the molecule is CN(Cc1ccccc1Br)C(=O)c1cccc(S(=O)(=O)Nc2ccccc2Cl)c1. The average Bonchev–Trinajstić information content (AvgIpc) is 2.71.